The largest absolute Gasteiger partial charge is 0.309 e. The molecule has 8 aromatic carbocycles. The minimum atomic E-state index is 1.14. The standard InChI is InChI=1S/C51H36N2/c1-3-11-34-18-20-39(28-33(34)2)50-42-16-9-10-17-43(42)51(40-21-19-35-12-7-8-13-36(35)29-40)46-31-37(22-24-44(46)50)38-23-25-48-45(30-38)47-32-52-27-26-49(47)53(48)41-14-5-4-6-15-41/h3-32H,1-2H3/b11-3-. The van der Waals surface area contributed by atoms with Crippen molar-refractivity contribution in [3.63, 3.8) is 0 Å². The molecule has 53 heavy (non-hydrogen) atoms. The van der Waals surface area contributed by atoms with Crippen LogP contribution in [0.3, 0.4) is 0 Å². The Morgan fingerprint density at radius 1 is 0.472 bits per heavy atom. The average Bonchev–Trinajstić information content (AvgIpc) is 3.54. The molecule has 0 N–H and O–H groups in total. The van der Waals surface area contributed by atoms with Crippen LogP contribution in [0.4, 0.5) is 0 Å². The molecule has 10 aromatic rings. The molecule has 2 heterocycles. The number of aromatic nitrogens is 2. The van der Waals surface area contributed by atoms with Crippen LogP contribution in [-0.4, -0.2) is 9.55 Å². The van der Waals surface area contributed by atoms with Crippen LogP contribution in [0.2, 0.25) is 0 Å². The molecule has 0 aliphatic carbocycles. The molecule has 2 nitrogen and oxygen atoms in total. The summed E-state index contributed by atoms with van der Waals surface area (Å²) in [7, 11) is 0. The van der Waals surface area contributed by atoms with Crippen molar-refractivity contribution in [1.29, 1.82) is 0 Å². The van der Waals surface area contributed by atoms with Crippen molar-refractivity contribution >= 4 is 60.2 Å². The van der Waals surface area contributed by atoms with Gasteiger partial charge < -0.3 is 4.57 Å². The smallest absolute Gasteiger partial charge is 0.0571 e. The summed E-state index contributed by atoms with van der Waals surface area (Å²) in [5.41, 5.74) is 13.4. The normalized spacial score (nSPS) is 11.9. The fourth-order valence-corrected chi connectivity index (χ4v) is 8.42. The molecule has 0 spiro atoms. The van der Waals surface area contributed by atoms with E-state index in [1.54, 1.807) is 0 Å². The van der Waals surface area contributed by atoms with Gasteiger partial charge in [0.2, 0.25) is 0 Å². The maximum Gasteiger partial charge on any atom is 0.0571 e. The zero-order valence-corrected chi connectivity index (χ0v) is 29.7. The van der Waals surface area contributed by atoms with Crippen LogP contribution in [-0.2, 0) is 0 Å². The zero-order valence-electron chi connectivity index (χ0n) is 29.7. The van der Waals surface area contributed by atoms with Gasteiger partial charge in [-0.3, -0.25) is 4.98 Å². The van der Waals surface area contributed by atoms with Crippen molar-refractivity contribution in [2.24, 2.45) is 0 Å². The Morgan fingerprint density at radius 2 is 1.09 bits per heavy atom. The highest BCUT2D eigenvalue weighted by Gasteiger charge is 2.19. The second-order valence-corrected chi connectivity index (χ2v) is 14.0. The number of hydrogen-bond acceptors (Lipinski definition) is 1. The van der Waals surface area contributed by atoms with E-state index in [1.165, 1.54) is 87.7 Å². The predicted octanol–water partition coefficient (Wildman–Crippen LogP) is 14.0. The van der Waals surface area contributed by atoms with Gasteiger partial charge in [-0.2, -0.15) is 0 Å². The monoisotopic (exact) mass is 676 g/mol. The van der Waals surface area contributed by atoms with Gasteiger partial charge in [0.05, 0.1) is 11.0 Å². The molecule has 0 fully saturated rings. The number of nitrogens with zero attached hydrogens (tertiary/aromatic N) is 2. The summed E-state index contributed by atoms with van der Waals surface area (Å²) in [6, 6.07) is 58.1. The molecular weight excluding hydrogens is 641 g/mol. The zero-order chi connectivity index (χ0) is 35.5. The third-order valence-electron chi connectivity index (χ3n) is 10.9. The quantitative estimate of drug-likeness (QED) is 0.166. The average molecular weight is 677 g/mol. The van der Waals surface area contributed by atoms with Gasteiger partial charge in [-0.15, -0.1) is 0 Å². The third-order valence-corrected chi connectivity index (χ3v) is 10.9. The van der Waals surface area contributed by atoms with Crippen LogP contribution < -0.4 is 0 Å². The van der Waals surface area contributed by atoms with Crippen molar-refractivity contribution in [3.05, 3.63) is 187 Å². The number of fused-ring (bicyclic) bond motifs is 6. The van der Waals surface area contributed by atoms with E-state index in [9.17, 15) is 0 Å². The molecule has 0 aliphatic heterocycles. The molecule has 0 aliphatic rings. The maximum atomic E-state index is 4.55. The number of para-hydroxylation sites is 1. The van der Waals surface area contributed by atoms with Gasteiger partial charge in [0, 0.05) is 28.9 Å². The first kappa shape index (κ1) is 31.0. The molecule has 0 radical (unpaired) electrons. The highest BCUT2D eigenvalue weighted by atomic mass is 15.0. The Morgan fingerprint density at radius 3 is 1.89 bits per heavy atom. The fourth-order valence-electron chi connectivity index (χ4n) is 8.42. The number of pyridine rings is 1. The summed E-state index contributed by atoms with van der Waals surface area (Å²) in [4.78, 5) is 4.55. The molecule has 0 saturated carbocycles. The molecule has 0 atom stereocenters. The highest BCUT2D eigenvalue weighted by molar-refractivity contribution is 6.22. The Kier molecular flexibility index (Phi) is 7.30. The van der Waals surface area contributed by atoms with Crippen molar-refractivity contribution in [3.8, 4) is 39.1 Å². The van der Waals surface area contributed by atoms with Gasteiger partial charge in [0.25, 0.3) is 0 Å². The molecule has 0 bridgehead atoms. The lowest BCUT2D eigenvalue weighted by Crippen LogP contribution is -1.93. The summed E-state index contributed by atoms with van der Waals surface area (Å²) in [6.45, 7) is 4.29. The lowest BCUT2D eigenvalue weighted by molar-refractivity contribution is 1.17. The number of aryl methyl sites for hydroxylation is 1. The van der Waals surface area contributed by atoms with Crippen molar-refractivity contribution in [2.45, 2.75) is 13.8 Å². The topological polar surface area (TPSA) is 17.8 Å². The summed E-state index contributed by atoms with van der Waals surface area (Å²) < 4.78 is 2.34. The molecule has 0 amide bonds. The molecule has 0 saturated heterocycles. The van der Waals surface area contributed by atoms with Gasteiger partial charge in [-0.05, 0) is 133 Å². The van der Waals surface area contributed by atoms with Crippen molar-refractivity contribution in [2.75, 3.05) is 0 Å². The molecule has 250 valence electrons. The summed E-state index contributed by atoms with van der Waals surface area (Å²) >= 11 is 0. The van der Waals surface area contributed by atoms with E-state index in [1.807, 2.05) is 12.4 Å². The number of allylic oxidation sites excluding steroid dienone is 1. The van der Waals surface area contributed by atoms with Gasteiger partial charge in [-0.25, -0.2) is 0 Å². The molecule has 0 unspecified atom stereocenters. The molecular formula is C51H36N2. The van der Waals surface area contributed by atoms with E-state index in [4.69, 9.17) is 0 Å². The van der Waals surface area contributed by atoms with Crippen LogP contribution in [0, 0.1) is 6.92 Å². The Bertz CT molecular complexity index is 3070. The predicted molar refractivity (Wildman–Crippen MR) is 227 cm³/mol. The minimum Gasteiger partial charge on any atom is -0.309 e. The first-order chi connectivity index (χ1) is 26.2. The van der Waals surface area contributed by atoms with Crippen LogP contribution in [0.1, 0.15) is 18.1 Å². The molecule has 10 rings (SSSR count). The van der Waals surface area contributed by atoms with Gasteiger partial charge in [0.15, 0.2) is 0 Å². The third kappa shape index (κ3) is 5.06. The van der Waals surface area contributed by atoms with Crippen LogP contribution >= 0.6 is 0 Å². The van der Waals surface area contributed by atoms with E-state index in [0.29, 0.717) is 0 Å². The van der Waals surface area contributed by atoms with Crippen LogP contribution in [0.5, 0.6) is 0 Å². The SMILES string of the molecule is C/C=C\c1ccc(-c2c3ccccc3c(-c3ccc4ccccc4c3)c3cc(-c4ccc5c(c4)c4cnccc4n5-c4ccccc4)ccc23)cc1C. The summed E-state index contributed by atoms with van der Waals surface area (Å²) in [5, 5.41) is 9.84. The fraction of sp³-hybridized carbons (Fsp3) is 0.0392. The molecule has 2 heteroatoms. The summed E-state index contributed by atoms with van der Waals surface area (Å²) in [5.74, 6) is 0. The van der Waals surface area contributed by atoms with E-state index in [-0.39, 0.29) is 0 Å². The van der Waals surface area contributed by atoms with Gasteiger partial charge >= 0.3 is 0 Å². The number of hydrogen-bond donors (Lipinski definition) is 0. The van der Waals surface area contributed by atoms with Gasteiger partial charge in [0.1, 0.15) is 0 Å². The second kappa shape index (κ2) is 12.5. The highest BCUT2D eigenvalue weighted by Crippen LogP contribution is 2.46. The van der Waals surface area contributed by atoms with Crippen molar-refractivity contribution in [1.82, 2.24) is 9.55 Å². The number of benzene rings is 8. The van der Waals surface area contributed by atoms with Crippen LogP contribution in [0.15, 0.2) is 176 Å². The van der Waals surface area contributed by atoms with E-state index in [0.717, 1.165) is 16.6 Å². The lowest BCUT2D eigenvalue weighted by atomic mass is 9.84. The van der Waals surface area contributed by atoms with Crippen molar-refractivity contribution < 1.29 is 0 Å². The lowest BCUT2D eigenvalue weighted by Gasteiger charge is -2.19. The Hall–Kier alpha value is -6.77. The van der Waals surface area contributed by atoms with Crippen LogP contribution in [0.25, 0.3) is 99.3 Å². The second-order valence-electron chi connectivity index (χ2n) is 14.0. The first-order valence-electron chi connectivity index (χ1n) is 18.3. The minimum absolute atomic E-state index is 1.14. The van der Waals surface area contributed by atoms with E-state index >= 15 is 0 Å². The van der Waals surface area contributed by atoms with Gasteiger partial charge in [-0.1, -0.05) is 127 Å². The Labute approximate surface area is 308 Å². The van der Waals surface area contributed by atoms with E-state index < -0.39 is 0 Å². The Balaban J connectivity index is 1.26. The number of rotatable bonds is 5. The van der Waals surface area contributed by atoms with E-state index in [2.05, 4.69) is 193 Å². The summed E-state index contributed by atoms with van der Waals surface area (Å²) in [6.07, 6.45) is 8.19. The molecule has 2 aromatic heterocycles. The maximum absolute atomic E-state index is 4.55. The first-order valence-corrected chi connectivity index (χ1v) is 18.3.